The predicted molar refractivity (Wildman–Crippen MR) is 172 cm³/mol. The Morgan fingerprint density at radius 3 is 2.09 bits per heavy atom. The molecule has 4 aromatic rings. The van der Waals surface area contributed by atoms with Gasteiger partial charge in [-0.1, -0.05) is 0 Å². The fraction of sp³-hybridized carbons (Fsp3) is 0.257. The number of alkyl halides is 6. The van der Waals surface area contributed by atoms with Gasteiger partial charge in [-0.05, 0) is 0 Å². The van der Waals surface area contributed by atoms with E-state index >= 15 is 0 Å². The Hall–Kier alpha value is -2.12. The molecule has 10 heteroatoms. The van der Waals surface area contributed by atoms with Gasteiger partial charge in [-0.15, -0.1) is 0 Å². The Morgan fingerprint density at radius 2 is 1.47 bits per heavy atom. The monoisotopic (exact) mass is 752 g/mol. The number of aryl methyl sites for hydroxylation is 1. The number of hydrogen-bond acceptors (Lipinski definition) is 0. The van der Waals surface area contributed by atoms with Crippen molar-refractivity contribution in [1.29, 1.82) is 0 Å². The molecule has 1 atom stereocenters. The molecule has 45 heavy (non-hydrogen) atoms. The summed E-state index contributed by atoms with van der Waals surface area (Å²) in [5.74, 6) is 0.225. The second kappa shape index (κ2) is 11.8. The van der Waals surface area contributed by atoms with E-state index in [0.717, 1.165) is 32.1 Å². The molecule has 0 nitrogen and oxygen atoms in total. The van der Waals surface area contributed by atoms with Gasteiger partial charge in [0.2, 0.25) is 0 Å². The molecule has 0 aromatic heterocycles. The van der Waals surface area contributed by atoms with Gasteiger partial charge < -0.3 is 0 Å². The van der Waals surface area contributed by atoms with Gasteiger partial charge in [-0.2, -0.15) is 0 Å². The molecule has 4 aromatic carbocycles. The molecule has 1 heterocycles. The molecule has 2 aliphatic rings. The summed E-state index contributed by atoms with van der Waals surface area (Å²) in [6.07, 6.45) is -6.87. The number of allylic oxidation sites excluding steroid dienone is 1. The van der Waals surface area contributed by atoms with Gasteiger partial charge in [-0.25, -0.2) is 0 Å². The molecule has 0 bridgehead atoms. The van der Waals surface area contributed by atoms with Crippen LogP contribution in [-0.4, -0.2) is 9.52 Å². The van der Waals surface area contributed by atoms with E-state index in [1.54, 1.807) is 0 Å². The van der Waals surface area contributed by atoms with E-state index in [2.05, 4.69) is 32.0 Å². The van der Waals surface area contributed by atoms with Gasteiger partial charge in [-0.3, -0.25) is 0 Å². The van der Waals surface area contributed by atoms with Crippen molar-refractivity contribution in [3.63, 3.8) is 0 Å². The minimum absolute atomic E-state index is 0.111. The van der Waals surface area contributed by atoms with Crippen LogP contribution in [0, 0.1) is 5.92 Å². The summed E-state index contributed by atoms with van der Waals surface area (Å²) in [7, 11) is 14.5. The average molecular weight is 755 g/mol. The van der Waals surface area contributed by atoms with Crippen LogP contribution in [0.5, 0.6) is 0 Å². The Balaban J connectivity index is 1.58. The second-order valence-electron chi connectivity index (χ2n) is 12.3. The number of benzene rings is 4. The van der Waals surface area contributed by atoms with Crippen molar-refractivity contribution in [1.82, 2.24) is 0 Å². The molecule has 0 fully saturated rings. The van der Waals surface area contributed by atoms with Crippen LogP contribution in [0.3, 0.4) is 0 Å². The molecule has 234 valence electrons. The molecular weight excluding hydrogens is 725 g/mol. The van der Waals surface area contributed by atoms with Crippen molar-refractivity contribution in [2.45, 2.75) is 49.6 Å². The maximum absolute atomic E-state index is 13.9. The van der Waals surface area contributed by atoms with Crippen molar-refractivity contribution >= 4 is 46.3 Å². The first-order valence-electron chi connectivity index (χ1n) is 14.9. The van der Waals surface area contributed by atoms with Gasteiger partial charge in [0.05, 0.1) is 0 Å². The van der Waals surface area contributed by atoms with E-state index in [0.29, 0.717) is 29.5 Å². The van der Waals surface area contributed by atoms with Gasteiger partial charge in [0, 0.05) is 0 Å². The van der Waals surface area contributed by atoms with Crippen LogP contribution in [0.15, 0.2) is 78.4 Å². The summed E-state index contributed by atoms with van der Waals surface area (Å²) < 4.78 is 84.2. The van der Waals surface area contributed by atoms with Gasteiger partial charge in [0.15, 0.2) is 0 Å². The Morgan fingerprint density at radius 1 is 0.822 bits per heavy atom. The number of halogens is 8. The van der Waals surface area contributed by atoms with Gasteiger partial charge in [0.1, 0.15) is 0 Å². The van der Waals surface area contributed by atoms with Crippen molar-refractivity contribution in [2.24, 2.45) is 5.92 Å². The topological polar surface area (TPSA) is 0 Å². The summed E-state index contributed by atoms with van der Waals surface area (Å²) in [6, 6.07) is 20.1. The van der Waals surface area contributed by atoms with E-state index in [4.69, 9.17) is 17.0 Å². The predicted octanol–water partition coefficient (Wildman–Crippen LogP) is 9.32. The van der Waals surface area contributed by atoms with Crippen LogP contribution in [0.4, 0.5) is 26.3 Å². The molecule has 0 N–H and O–H groups in total. The van der Waals surface area contributed by atoms with E-state index < -0.39 is 50.9 Å². The van der Waals surface area contributed by atoms with Crippen molar-refractivity contribution in [2.75, 3.05) is 0 Å². The summed E-state index contributed by atoms with van der Waals surface area (Å²) in [6.45, 7) is 5.99. The number of hydrogen-bond donors (Lipinski definition) is 0. The molecule has 0 radical (unpaired) electrons. The zero-order valence-corrected chi connectivity index (χ0v) is 30.2. The summed E-state index contributed by atoms with van der Waals surface area (Å²) in [5.41, 5.74) is 3.05. The van der Waals surface area contributed by atoms with Crippen LogP contribution in [0.2, 0.25) is 0 Å². The third-order valence-corrected chi connectivity index (χ3v) is 23.2. The SMILES string of the molecule is CCc1ccc2c(c1-c1cc(C(F)(F)F)cc(C(F)(F)F)c1)C=C(CC(C)C)[CH]2[Zr]([Cl])([Cl])[c]1cccc2c1[SiH2]c1ccccc1-2. The molecule has 0 spiro atoms. The number of fused-ring (bicyclic) bond motifs is 4. The molecule has 0 saturated heterocycles. The Kier molecular flexibility index (Phi) is 8.63. The van der Waals surface area contributed by atoms with Crippen LogP contribution in [0.1, 0.15) is 58.6 Å². The molecule has 0 saturated carbocycles. The van der Waals surface area contributed by atoms with Crippen LogP contribution < -0.4 is 13.6 Å². The Bertz CT molecular complexity index is 1810. The minimum atomic E-state index is -4.95. The van der Waals surface area contributed by atoms with Crippen molar-refractivity contribution < 1.29 is 44.2 Å². The van der Waals surface area contributed by atoms with Gasteiger partial charge in [0.25, 0.3) is 0 Å². The molecule has 0 amide bonds. The third-order valence-electron chi connectivity index (χ3n) is 8.85. The van der Waals surface area contributed by atoms with E-state index in [-0.39, 0.29) is 21.2 Å². The molecular formula is C35H30Cl2F6SiZr. The molecule has 1 aliphatic heterocycles. The van der Waals surface area contributed by atoms with Crippen LogP contribution >= 0.6 is 17.0 Å². The zero-order chi connectivity index (χ0) is 32.5. The quantitative estimate of drug-likeness (QED) is 0.120. The summed E-state index contributed by atoms with van der Waals surface area (Å²) >= 11 is -4.41. The van der Waals surface area contributed by atoms with Crippen LogP contribution in [-0.2, 0) is 36.7 Å². The number of rotatable bonds is 6. The maximum atomic E-state index is 13.9. The van der Waals surface area contributed by atoms with E-state index in [9.17, 15) is 26.3 Å². The normalized spacial score (nSPS) is 16.6. The zero-order valence-electron chi connectivity index (χ0n) is 24.8. The molecule has 1 aliphatic carbocycles. The first-order chi connectivity index (χ1) is 21.1. The van der Waals surface area contributed by atoms with Crippen molar-refractivity contribution in [3.8, 4) is 22.3 Å². The van der Waals surface area contributed by atoms with E-state index in [1.807, 2.05) is 49.4 Å². The standard InChI is InChI=1S/C23H21F6.C12H9Si.2ClH.Zr/c1-4-15-5-6-16-8-14(7-13(2)3)9-20(16)21(15)17-10-18(22(24,25)26)12-19(11-17)23(27,28)29;1-3-7-11-9(5-1)10-6-2-4-8-12(10)13-11;;;/h5-6,8-13H,4,7H2,1-3H3;1-7H,13H2;2*1H;/q;;;;+2/p-2. The third kappa shape index (κ3) is 5.94. The second-order valence-corrected chi connectivity index (χ2v) is 28.1. The van der Waals surface area contributed by atoms with E-state index in [1.165, 1.54) is 15.9 Å². The first kappa shape index (κ1) is 32.8. The fourth-order valence-electron chi connectivity index (χ4n) is 6.99. The van der Waals surface area contributed by atoms with Gasteiger partial charge >= 0.3 is 274 Å². The average Bonchev–Trinajstić information content (AvgIpc) is 3.53. The molecule has 1 unspecified atom stereocenters. The fourth-order valence-corrected chi connectivity index (χ4v) is 23.8. The van der Waals surface area contributed by atoms with Crippen molar-refractivity contribution in [3.05, 3.63) is 106 Å². The first-order valence-corrected chi connectivity index (χ1v) is 25.2. The molecule has 6 rings (SSSR count). The summed E-state index contributed by atoms with van der Waals surface area (Å²) in [4.78, 5) is 0. The Labute approximate surface area is 272 Å². The summed E-state index contributed by atoms with van der Waals surface area (Å²) in [5, 5.41) is 2.58. The van der Waals surface area contributed by atoms with Crippen LogP contribution in [0.25, 0.3) is 28.3 Å².